The number of pyridine rings is 1. The minimum Gasteiger partial charge on any atom is -0.481 e. The summed E-state index contributed by atoms with van der Waals surface area (Å²) in [6.45, 7) is 0. The van der Waals surface area contributed by atoms with Crippen molar-refractivity contribution in [1.82, 2.24) is 4.98 Å². The molecule has 0 saturated carbocycles. The number of anilines is 2. The molecule has 0 amide bonds. The SMILES string of the molecule is COc1ccc(C2=Nc3occc3C(N)N2c2ccc(NS(=O)(=O)c3ccccc3)cc2)cn1. The summed E-state index contributed by atoms with van der Waals surface area (Å²) < 4.78 is 38.6. The molecule has 1 unspecified atom stereocenters. The Labute approximate surface area is 196 Å². The van der Waals surface area contributed by atoms with Crippen LogP contribution in [0.5, 0.6) is 5.88 Å². The maximum atomic E-state index is 12.6. The minimum absolute atomic E-state index is 0.186. The number of benzene rings is 2. The Kier molecular flexibility index (Phi) is 5.52. The lowest BCUT2D eigenvalue weighted by Crippen LogP contribution is -2.42. The molecule has 1 aliphatic rings. The molecule has 0 aliphatic carbocycles. The van der Waals surface area contributed by atoms with E-state index in [2.05, 4.69) is 14.7 Å². The van der Waals surface area contributed by atoms with Crippen molar-refractivity contribution in [2.24, 2.45) is 10.7 Å². The molecule has 0 bridgehead atoms. The number of sulfonamides is 1. The van der Waals surface area contributed by atoms with Gasteiger partial charge >= 0.3 is 0 Å². The second-order valence-corrected chi connectivity index (χ2v) is 9.17. The van der Waals surface area contributed by atoms with Crippen LogP contribution in [0.1, 0.15) is 17.3 Å². The van der Waals surface area contributed by atoms with E-state index in [1.165, 1.54) is 12.1 Å². The van der Waals surface area contributed by atoms with Gasteiger partial charge in [-0.05, 0) is 48.5 Å². The van der Waals surface area contributed by atoms with E-state index < -0.39 is 16.2 Å². The van der Waals surface area contributed by atoms with E-state index in [-0.39, 0.29) is 4.90 Å². The van der Waals surface area contributed by atoms with E-state index in [9.17, 15) is 8.42 Å². The van der Waals surface area contributed by atoms with Crippen LogP contribution in [0.15, 0.2) is 99.6 Å². The number of nitrogens with two attached hydrogens (primary N) is 1. The molecular weight excluding hydrogens is 454 g/mol. The molecule has 0 radical (unpaired) electrons. The Morgan fingerprint density at radius 3 is 2.47 bits per heavy atom. The molecule has 10 heteroatoms. The monoisotopic (exact) mass is 475 g/mol. The lowest BCUT2D eigenvalue weighted by Gasteiger charge is -2.34. The van der Waals surface area contributed by atoms with Gasteiger partial charge in [0, 0.05) is 29.2 Å². The molecule has 1 atom stereocenters. The summed E-state index contributed by atoms with van der Waals surface area (Å²) in [6, 6.07) is 20.5. The predicted octanol–water partition coefficient (Wildman–Crippen LogP) is 4.04. The van der Waals surface area contributed by atoms with Gasteiger partial charge in [-0.3, -0.25) is 4.72 Å². The number of amidine groups is 1. The Balaban J connectivity index is 1.48. The topological polar surface area (TPSA) is 123 Å². The van der Waals surface area contributed by atoms with Crippen molar-refractivity contribution >= 4 is 33.1 Å². The molecule has 3 heterocycles. The summed E-state index contributed by atoms with van der Waals surface area (Å²) in [6.07, 6.45) is 2.62. The predicted molar refractivity (Wildman–Crippen MR) is 129 cm³/mol. The van der Waals surface area contributed by atoms with Crippen molar-refractivity contribution in [1.29, 1.82) is 0 Å². The number of aliphatic imine (C=N–C) groups is 1. The number of methoxy groups -OCH3 is 1. The largest absolute Gasteiger partial charge is 0.481 e. The van der Waals surface area contributed by atoms with Crippen molar-refractivity contribution < 1.29 is 17.6 Å². The van der Waals surface area contributed by atoms with Crippen molar-refractivity contribution in [2.75, 3.05) is 16.7 Å². The first-order valence-electron chi connectivity index (χ1n) is 10.4. The Morgan fingerprint density at radius 2 is 1.79 bits per heavy atom. The molecule has 9 nitrogen and oxygen atoms in total. The number of ether oxygens (including phenoxy) is 1. The molecule has 4 aromatic rings. The number of hydrogen-bond acceptors (Lipinski definition) is 8. The summed E-state index contributed by atoms with van der Waals surface area (Å²) in [7, 11) is -2.15. The summed E-state index contributed by atoms with van der Waals surface area (Å²) in [5.74, 6) is 1.45. The van der Waals surface area contributed by atoms with Gasteiger partial charge in [0.1, 0.15) is 12.0 Å². The first-order chi connectivity index (χ1) is 16.5. The highest BCUT2D eigenvalue weighted by Crippen LogP contribution is 2.37. The average molecular weight is 476 g/mol. The summed E-state index contributed by atoms with van der Waals surface area (Å²) >= 11 is 0. The molecule has 172 valence electrons. The molecule has 0 fully saturated rings. The van der Waals surface area contributed by atoms with Gasteiger partial charge in [-0.25, -0.2) is 13.4 Å². The zero-order chi connectivity index (χ0) is 23.7. The second kappa shape index (κ2) is 8.65. The molecule has 1 aliphatic heterocycles. The first kappa shape index (κ1) is 21.7. The smallest absolute Gasteiger partial charge is 0.261 e. The number of nitrogens with one attached hydrogen (secondary N) is 1. The van der Waals surface area contributed by atoms with E-state index in [4.69, 9.17) is 14.9 Å². The zero-order valence-corrected chi connectivity index (χ0v) is 18.9. The Morgan fingerprint density at radius 1 is 1.03 bits per heavy atom. The molecule has 0 spiro atoms. The van der Waals surface area contributed by atoms with Crippen LogP contribution >= 0.6 is 0 Å². The second-order valence-electron chi connectivity index (χ2n) is 7.49. The van der Waals surface area contributed by atoms with Crippen LogP contribution in [0.25, 0.3) is 0 Å². The maximum absolute atomic E-state index is 12.6. The lowest BCUT2D eigenvalue weighted by atomic mass is 10.1. The Bertz CT molecular complexity index is 1430. The number of hydrogen-bond donors (Lipinski definition) is 2. The van der Waals surface area contributed by atoms with Crippen LogP contribution in [0.3, 0.4) is 0 Å². The van der Waals surface area contributed by atoms with Gasteiger partial charge < -0.3 is 19.8 Å². The molecule has 2 aromatic carbocycles. The highest BCUT2D eigenvalue weighted by molar-refractivity contribution is 7.92. The number of fused-ring (bicyclic) bond motifs is 1. The fraction of sp³-hybridized carbons (Fsp3) is 0.0833. The fourth-order valence-corrected chi connectivity index (χ4v) is 4.75. The Hall–Kier alpha value is -4.15. The van der Waals surface area contributed by atoms with Gasteiger partial charge in [0.05, 0.1) is 23.8 Å². The zero-order valence-electron chi connectivity index (χ0n) is 18.1. The van der Waals surface area contributed by atoms with Crippen LogP contribution < -0.4 is 20.1 Å². The van der Waals surface area contributed by atoms with E-state index >= 15 is 0 Å². The van der Waals surface area contributed by atoms with Gasteiger partial charge in [0.2, 0.25) is 11.8 Å². The van der Waals surface area contributed by atoms with Gasteiger partial charge in [0.15, 0.2) is 0 Å². The first-order valence-corrected chi connectivity index (χ1v) is 11.8. The minimum atomic E-state index is -3.70. The van der Waals surface area contributed by atoms with E-state index in [1.807, 2.05) is 11.0 Å². The van der Waals surface area contributed by atoms with Crippen LogP contribution in [0.4, 0.5) is 17.3 Å². The van der Waals surface area contributed by atoms with Crippen LogP contribution in [0, 0.1) is 0 Å². The number of nitrogens with zero attached hydrogens (tertiary/aromatic N) is 3. The number of furan rings is 1. The highest BCUT2D eigenvalue weighted by atomic mass is 32.2. The van der Waals surface area contributed by atoms with E-state index in [0.29, 0.717) is 28.9 Å². The molecular formula is C24H21N5O4S. The van der Waals surface area contributed by atoms with Gasteiger partial charge in [-0.1, -0.05) is 18.2 Å². The van der Waals surface area contributed by atoms with E-state index in [0.717, 1.165) is 11.3 Å². The van der Waals surface area contributed by atoms with Crippen LogP contribution in [-0.2, 0) is 10.0 Å². The van der Waals surface area contributed by atoms with Crippen molar-refractivity contribution in [3.8, 4) is 5.88 Å². The molecule has 0 saturated heterocycles. The third kappa shape index (κ3) is 4.00. The average Bonchev–Trinajstić information content (AvgIpc) is 3.34. The highest BCUT2D eigenvalue weighted by Gasteiger charge is 2.31. The third-order valence-electron chi connectivity index (χ3n) is 5.36. The van der Waals surface area contributed by atoms with Gasteiger partial charge in [-0.15, -0.1) is 0 Å². The standard InChI is InChI=1S/C24H21N5O4S/c1-32-21-12-7-16(15-26-21)23-27-24-20(13-14-33-24)22(25)29(23)18-10-8-17(9-11-18)28-34(30,31)19-5-3-2-4-6-19/h2-15,22,28H,25H2,1H3. The summed E-state index contributed by atoms with van der Waals surface area (Å²) in [4.78, 5) is 11.0. The number of rotatable bonds is 6. The van der Waals surface area contributed by atoms with Crippen molar-refractivity contribution in [3.63, 3.8) is 0 Å². The molecule has 3 N–H and O–H groups in total. The third-order valence-corrected chi connectivity index (χ3v) is 6.76. The maximum Gasteiger partial charge on any atom is 0.261 e. The normalized spacial score (nSPS) is 15.4. The van der Waals surface area contributed by atoms with Gasteiger partial charge in [0.25, 0.3) is 10.0 Å². The molecule has 34 heavy (non-hydrogen) atoms. The van der Waals surface area contributed by atoms with E-state index in [1.54, 1.807) is 74.2 Å². The lowest BCUT2D eigenvalue weighted by molar-refractivity contribution is 0.398. The fourth-order valence-electron chi connectivity index (χ4n) is 3.67. The van der Waals surface area contributed by atoms with Crippen molar-refractivity contribution in [2.45, 2.75) is 11.1 Å². The van der Waals surface area contributed by atoms with Crippen LogP contribution in [-0.4, -0.2) is 26.3 Å². The summed E-state index contributed by atoms with van der Waals surface area (Å²) in [5.41, 5.74) is 9.19. The van der Waals surface area contributed by atoms with Gasteiger partial charge in [-0.2, -0.15) is 4.99 Å². The number of aromatic nitrogens is 1. The quantitative estimate of drug-likeness (QED) is 0.431. The molecule has 2 aromatic heterocycles. The molecule has 5 rings (SSSR count). The van der Waals surface area contributed by atoms with Crippen LogP contribution in [0.2, 0.25) is 0 Å². The van der Waals surface area contributed by atoms with Crippen molar-refractivity contribution in [3.05, 3.63) is 96.4 Å². The summed E-state index contributed by atoms with van der Waals surface area (Å²) in [5, 5.41) is 0.